The van der Waals surface area contributed by atoms with Crippen molar-refractivity contribution >= 4 is 43.5 Å². The van der Waals surface area contributed by atoms with E-state index in [1.807, 2.05) is 31.2 Å². The molecule has 0 bridgehead atoms. The minimum absolute atomic E-state index is 0.245. The zero-order valence-electron chi connectivity index (χ0n) is 11.3. The van der Waals surface area contributed by atoms with Gasteiger partial charge in [-0.25, -0.2) is 0 Å². The maximum absolute atomic E-state index is 6.67. The number of aryl methyl sites for hydroxylation is 1. The van der Waals surface area contributed by atoms with Crippen molar-refractivity contribution in [2.24, 2.45) is 0 Å². The molecule has 1 atom stereocenters. The third-order valence-electron chi connectivity index (χ3n) is 2.90. The average molecular weight is 419 g/mol. The predicted molar refractivity (Wildman–Crippen MR) is 91.9 cm³/mol. The summed E-state index contributed by atoms with van der Waals surface area (Å²) >= 11 is 13.7. The number of alkyl halides is 1. The monoisotopic (exact) mass is 416 g/mol. The normalized spacial score (nSPS) is 12.2. The van der Waals surface area contributed by atoms with Crippen molar-refractivity contribution in [2.45, 2.75) is 19.2 Å². The molecule has 0 N–H and O–H groups in total. The Labute approximate surface area is 141 Å². The van der Waals surface area contributed by atoms with Crippen LogP contribution in [0.25, 0.3) is 0 Å². The van der Waals surface area contributed by atoms with E-state index in [2.05, 4.69) is 50.9 Å². The zero-order chi connectivity index (χ0) is 14.7. The maximum Gasteiger partial charge on any atom is 0.124 e. The lowest BCUT2D eigenvalue weighted by Crippen LogP contribution is -2.00. The van der Waals surface area contributed by atoms with E-state index < -0.39 is 0 Å². The van der Waals surface area contributed by atoms with E-state index >= 15 is 0 Å². The molecule has 0 radical (unpaired) electrons. The van der Waals surface area contributed by atoms with Gasteiger partial charge in [-0.1, -0.05) is 37.9 Å². The second-order valence-corrected chi connectivity index (χ2v) is 6.81. The molecule has 1 unspecified atom stereocenters. The Morgan fingerprint density at radius 3 is 2.50 bits per heavy atom. The Bertz CT molecular complexity index is 593. The fourth-order valence-electron chi connectivity index (χ4n) is 2.09. The SMILES string of the molecule is CCOc1ccc(Br)cc1C(Cl)c1cc(C)cc(Br)c1. The van der Waals surface area contributed by atoms with Crippen LogP contribution in [0.2, 0.25) is 0 Å². The second kappa shape index (κ2) is 6.97. The fraction of sp³-hybridized carbons (Fsp3) is 0.250. The smallest absolute Gasteiger partial charge is 0.124 e. The molecule has 0 spiro atoms. The third-order valence-corrected chi connectivity index (χ3v) is 4.34. The molecule has 0 aliphatic rings. The molecule has 20 heavy (non-hydrogen) atoms. The Balaban J connectivity index is 2.46. The number of ether oxygens (including phenoxy) is 1. The van der Waals surface area contributed by atoms with Gasteiger partial charge in [-0.05, 0) is 55.3 Å². The van der Waals surface area contributed by atoms with Gasteiger partial charge in [-0.2, -0.15) is 0 Å². The molecule has 106 valence electrons. The van der Waals surface area contributed by atoms with Crippen LogP contribution in [-0.4, -0.2) is 6.61 Å². The summed E-state index contributed by atoms with van der Waals surface area (Å²) in [5, 5.41) is -0.245. The Morgan fingerprint density at radius 1 is 1.10 bits per heavy atom. The number of halogens is 3. The van der Waals surface area contributed by atoms with Gasteiger partial charge in [0.15, 0.2) is 0 Å². The molecule has 0 aliphatic carbocycles. The van der Waals surface area contributed by atoms with Crippen molar-refractivity contribution in [3.63, 3.8) is 0 Å². The van der Waals surface area contributed by atoms with Gasteiger partial charge in [0.05, 0.1) is 12.0 Å². The van der Waals surface area contributed by atoms with E-state index in [1.54, 1.807) is 0 Å². The van der Waals surface area contributed by atoms with Crippen LogP contribution in [-0.2, 0) is 0 Å². The van der Waals surface area contributed by atoms with Gasteiger partial charge in [0.25, 0.3) is 0 Å². The lowest BCUT2D eigenvalue weighted by atomic mass is 10.0. The highest BCUT2D eigenvalue weighted by Crippen LogP contribution is 2.38. The van der Waals surface area contributed by atoms with E-state index in [1.165, 1.54) is 5.56 Å². The summed E-state index contributed by atoms with van der Waals surface area (Å²) in [7, 11) is 0. The summed E-state index contributed by atoms with van der Waals surface area (Å²) in [5.41, 5.74) is 3.20. The predicted octanol–water partition coefficient (Wildman–Crippen LogP) is 6.25. The third kappa shape index (κ3) is 3.78. The summed E-state index contributed by atoms with van der Waals surface area (Å²) < 4.78 is 7.71. The van der Waals surface area contributed by atoms with Crippen molar-refractivity contribution in [3.05, 3.63) is 62.0 Å². The standard InChI is InChI=1S/C16H15Br2ClO/c1-3-20-15-5-4-12(17)9-14(15)16(19)11-6-10(2)7-13(18)8-11/h4-9,16H,3H2,1-2H3. The number of hydrogen-bond acceptors (Lipinski definition) is 1. The van der Waals surface area contributed by atoms with Crippen LogP contribution in [0.5, 0.6) is 5.75 Å². The van der Waals surface area contributed by atoms with Gasteiger partial charge < -0.3 is 4.74 Å². The van der Waals surface area contributed by atoms with Crippen LogP contribution in [0.1, 0.15) is 29.0 Å². The van der Waals surface area contributed by atoms with Crippen molar-refractivity contribution in [1.82, 2.24) is 0 Å². The van der Waals surface area contributed by atoms with Gasteiger partial charge in [0.1, 0.15) is 5.75 Å². The molecule has 1 nitrogen and oxygen atoms in total. The van der Waals surface area contributed by atoms with Crippen LogP contribution < -0.4 is 4.74 Å². The van der Waals surface area contributed by atoms with Crippen LogP contribution in [0, 0.1) is 6.92 Å². The van der Waals surface area contributed by atoms with E-state index in [-0.39, 0.29) is 5.38 Å². The molecule has 0 amide bonds. The first-order chi connectivity index (χ1) is 9.51. The first-order valence-corrected chi connectivity index (χ1v) is 8.37. The van der Waals surface area contributed by atoms with E-state index in [4.69, 9.17) is 16.3 Å². The minimum atomic E-state index is -0.245. The molecule has 2 rings (SSSR count). The van der Waals surface area contributed by atoms with Crippen LogP contribution in [0.15, 0.2) is 45.3 Å². The Hall–Kier alpha value is -0.510. The number of rotatable bonds is 4. The van der Waals surface area contributed by atoms with Crippen LogP contribution in [0.3, 0.4) is 0 Å². The molecule has 0 heterocycles. The summed E-state index contributed by atoms with van der Waals surface area (Å²) in [5.74, 6) is 0.827. The lowest BCUT2D eigenvalue weighted by Gasteiger charge is -2.16. The number of benzene rings is 2. The quantitative estimate of drug-likeness (QED) is 0.534. The second-order valence-electron chi connectivity index (χ2n) is 4.54. The molecule has 4 heteroatoms. The van der Waals surface area contributed by atoms with Crippen LogP contribution in [0.4, 0.5) is 0 Å². The summed E-state index contributed by atoms with van der Waals surface area (Å²) in [6, 6.07) is 12.1. The lowest BCUT2D eigenvalue weighted by molar-refractivity contribution is 0.337. The molecule has 2 aromatic carbocycles. The molecule has 2 aromatic rings. The molecule has 0 aliphatic heterocycles. The highest BCUT2D eigenvalue weighted by atomic mass is 79.9. The van der Waals surface area contributed by atoms with E-state index in [0.717, 1.165) is 25.8 Å². The summed E-state index contributed by atoms with van der Waals surface area (Å²) in [6.07, 6.45) is 0. The van der Waals surface area contributed by atoms with Crippen molar-refractivity contribution in [2.75, 3.05) is 6.61 Å². The Morgan fingerprint density at radius 2 is 1.85 bits per heavy atom. The molecular weight excluding hydrogens is 403 g/mol. The molecule has 0 aromatic heterocycles. The average Bonchev–Trinajstić information content (AvgIpc) is 2.39. The van der Waals surface area contributed by atoms with Gasteiger partial charge in [0, 0.05) is 14.5 Å². The summed E-state index contributed by atoms with van der Waals surface area (Å²) in [4.78, 5) is 0. The highest BCUT2D eigenvalue weighted by molar-refractivity contribution is 9.10. The number of hydrogen-bond donors (Lipinski definition) is 0. The van der Waals surface area contributed by atoms with Crippen molar-refractivity contribution < 1.29 is 4.74 Å². The first-order valence-electron chi connectivity index (χ1n) is 6.34. The first kappa shape index (κ1) is 15.9. The van der Waals surface area contributed by atoms with Crippen LogP contribution >= 0.6 is 43.5 Å². The largest absolute Gasteiger partial charge is 0.494 e. The molecule has 0 saturated carbocycles. The van der Waals surface area contributed by atoms with Crippen molar-refractivity contribution in [1.29, 1.82) is 0 Å². The fourth-order valence-corrected chi connectivity index (χ4v) is 3.40. The zero-order valence-corrected chi connectivity index (χ0v) is 15.2. The van der Waals surface area contributed by atoms with Crippen molar-refractivity contribution in [3.8, 4) is 5.75 Å². The van der Waals surface area contributed by atoms with Gasteiger partial charge in [-0.3, -0.25) is 0 Å². The van der Waals surface area contributed by atoms with E-state index in [9.17, 15) is 0 Å². The minimum Gasteiger partial charge on any atom is -0.494 e. The highest BCUT2D eigenvalue weighted by Gasteiger charge is 2.17. The molecular formula is C16H15Br2ClO. The van der Waals surface area contributed by atoms with Gasteiger partial charge in [0.2, 0.25) is 0 Å². The topological polar surface area (TPSA) is 9.23 Å². The van der Waals surface area contributed by atoms with Gasteiger partial charge >= 0.3 is 0 Å². The Kier molecular flexibility index (Phi) is 5.53. The molecule has 0 saturated heterocycles. The van der Waals surface area contributed by atoms with Gasteiger partial charge in [-0.15, -0.1) is 11.6 Å². The maximum atomic E-state index is 6.67. The molecule has 0 fully saturated rings. The summed E-state index contributed by atoms with van der Waals surface area (Å²) in [6.45, 7) is 4.65. The van der Waals surface area contributed by atoms with E-state index in [0.29, 0.717) is 6.61 Å².